The van der Waals surface area contributed by atoms with E-state index in [1.165, 1.54) is 13.3 Å². The van der Waals surface area contributed by atoms with Crippen LogP contribution in [0.25, 0.3) is 0 Å². The predicted molar refractivity (Wildman–Crippen MR) is 93.0 cm³/mol. The van der Waals surface area contributed by atoms with Crippen molar-refractivity contribution in [2.24, 2.45) is 0 Å². The first-order chi connectivity index (χ1) is 11.4. The molecule has 0 radical (unpaired) electrons. The highest BCUT2D eigenvalue weighted by molar-refractivity contribution is 7.92. The van der Waals surface area contributed by atoms with E-state index in [2.05, 4.69) is 19.8 Å². The number of benzene rings is 1. The molecule has 0 aliphatic carbocycles. The zero-order valence-electron chi connectivity index (χ0n) is 13.4. The number of pyridine rings is 1. The Balaban J connectivity index is 2.02. The van der Waals surface area contributed by atoms with E-state index in [1.54, 1.807) is 43.3 Å². The molecule has 2 rings (SSSR count). The maximum Gasteiger partial charge on any atom is 0.337 e. The fourth-order valence-electron chi connectivity index (χ4n) is 1.98. The molecule has 0 aliphatic rings. The normalized spacial score (nSPS) is 10.9. The fraction of sp³-hybridized carbons (Fsp3) is 0.250. The molecule has 2 N–H and O–H groups in total. The van der Waals surface area contributed by atoms with Crippen molar-refractivity contribution >= 4 is 33.2 Å². The number of nitrogens with zero attached hydrogens (tertiary/aromatic N) is 1. The molecular formula is C16H19N3O4S. The summed E-state index contributed by atoms with van der Waals surface area (Å²) in [6, 6.07) is 10.0. The molecule has 0 spiro atoms. The van der Waals surface area contributed by atoms with Gasteiger partial charge in [-0.1, -0.05) is 6.92 Å². The second-order valence-corrected chi connectivity index (χ2v) is 6.89. The van der Waals surface area contributed by atoms with Crippen molar-refractivity contribution in [2.45, 2.75) is 13.3 Å². The summed E-state index contributed by atoms with van der Waals surface area (Å²) in [6.07, 6.45) is 1.99. The average Bonchev–Trinajstić information content (AvgIpc) is 2.56. The molecule has 0 saturated carbocycles. The van der Waals surface area contributed by atoms with Gasteiger partial charge in [0.05, 0.1) is 30.3 Å². The van der Waals surface area contributed by atoms with Crippen molar-refractivity contribution < 1.29 is 17.9 Å². The molecule has 128 valence electrons. The van der Waals surface area contributed by atoms with Crippen LogP contribution >= 0.6 is 0 Å². The van der Waals surface area contributed by atoms with E-state index in [4.69, 9.17) is 0 Å². The smallest absolute Gasteiger partial charge is 0.337 e. The minimum atomic E-state index is -3.33. The summed E-state index contributed by atoms with van der Waals surface area (Å²) in [5.41, 5.74) is 1.61. The van der Waals surface area contributed by atoms with Crippen LogP contribution in [0.3, 0.4) is 0 Å². The van der Waals surface area contributed by atoms with Gasteiger partial charge in [-0.05, 0) is 42.8 Å². The summed E-state index contributed by atoms with van der Waals surface area (Å²) in [6.45, 7) is 1.80. The van der Waals surface area contributed by atoms with E-state index in [9.17, 15) is 13.2 Å². The van der Waals surface area contributed by atoms with Gasteiger partial charge in [0.2, 0.25) is 10.0 Å². The zero-order valence-corrected chi connectivity index (χ0v) is 14.3. The summed E-state index contributed by atoms with van der Waals surface area (Å²) >= 11 is 0. The Morgan fingerprint density at radius 3 is 2.33 bits per heavy atom. The van der Waals surface area contributed by atoms with Gasteiger partial charge in [0, 0.05) is 5.69 Å². The van der Waals surface area contributed by atoms with Gasteiger partial charge in [-0.2, -0.15) is 0 Å². The van der Waals surface area contributed by atoms with Crippen molar-refractivity contribution in [3.05, 3.63) is 48.2 Å². The van der Waals surface area contributed by atoms with Gasteiger partial charge in [-0.25, -0.2) is 18.2 Å². The minimum absolute atomic E-state index is 0.0690. The maximum absolute atomic E-state index is 11.7. The third kappa shape index (κ3) is 4.95. The lowest BCUT2D eigenvalue weighted by Crippen LogP contribution is -2.16. The zero-order chi connectivity index (χ0) is 17.6. The van der Waals surface area contributed by atoms with Crippen molar-refractivity contribution in [3.63, 3.8) is 0 Å². The van der Waals surface area contributed by atoms with Crippen LogP contribution in [0.15, 0.2) is 42.6 Å². The third-order valence-electron chi connectivity index (χ3n) is 3.09. The summed E-state index contributed by atoms with van der Waals surface area (Å²) in [5.74, 6) is 0.224. The van der Waals surface area contributed by atoms with E-state index in [0.717, 1.165) is 5.69 Å². The second-order valence-electron chi connectivity index (χ2n) is 5.05. The largest absolute Gasteiger partial charge is 0.465 e. The van der Waals surface area contributed by atoms with Crippen molar-refractivity contribution in [1.29, 1.82) is 0 Å². The van der Waals surface area contributed by atoms with Crippen LogP contribution in [0.2, 0.25) is 0 Å². The number of ether oxygens (including phenoxy) is 1. The van der Waals surface area contributed by atoms with Crippen LogP contribution in [0.1, 0.15) is 23.7 Å². The quantitative estimate of drug-likeness (QED) is 0.746. The maximum atomic E-state index is 11.7. The molecule has 0 bridgehead atoms. The lowest BCUT2D eigenvalue weighted by Gasteiger charge is -2.09. The van der Waals surface area contributed by atoms with Gasteiger partial charge in [0.15, 0.2) is 0 Å². The summed E-state index contributed by atoms with van der Waals surface area (Å²) in [4.78, 5) is 15.5. The number of carbonyl (C=O) groups excluding carboxylic acids is 1. The number of sulfonamides is 1. The molecule has 1 aromatic carbocycles. The number of carbonyl (C=O) groups is 1. The van der Waals surface area contributed by atoms with Crippen molar-refractivity contribution in [2.75, 3.05) is 22.9 Å². The summed E-state index contributed by atoms with van der Waals surface area (Å²) in [5, 5.41) is 3.06. The molecule has 7 nitrogen and oxygen atoms in total. The van der Waals surface area contributed by atoms with Gasteiger partial charge < -0.3 is 10.1 Å². The van der Waals surface area contributed by atoms with Crippen molar-refractivity contribution in [3.8, 4) is 0 Å². The SMILES string of the molecule is CCCS(=O)(=O)Nc1ccc(Nc2ccc(C(=O)OC)cc2)nc1. The number of aromatic nitrogens is 1. The second kappa shape index (κ2) is 7.78. The Morgan fingerprint density at radius 1 is 1.12 bits per heavy atom. The van der Waals surface area contributed by atoms with Gasteiger partial charge >= 0.3 is 5.97 Å². The van der Waals surface area contributed by atoms with Crippen LogP contribution in [-0.4, -0.2) is 32.2 Å². The Hall–Kier alpha value is -2.61. The van der Waals surface area contributed by atoms with Crippen LogP contribution < -0.4 is 10.0 Å². The molecule has 0 unspecified atom stereocenters. The molecular weight excluding hydrogens is 330 g/mol. The topological polar surface area (TPSA) is 97.4 Å². The van der Waals surface area contributed by atoms with Crippen molar-refractivity contribution in [1.82, 2.24) is 4.98 Å². The monoisotopic (exact) mass is 349 g/mol. The lowest BCUT2D eigenvalue weighted by molar-refractivity contribution is 0.0601. The summed E-state index contributed by atoms with van der Waals surface area (Å²) in [7, 11) is -2.00. The standard InChI is InChI=1S/C16H19N3O4S/c1-3-10-24(21,22)19-14-8-9-15(17-11-14)18-13-6-4-12(5-7-13)16(20)23-2/h4-9,11,19H,3,10H2,1-2H3,(H,17,18). The van der Waals surface area contributed by atoms with E-state index >= 15 is 0 Å². The highest BCUT2D eigenvalue weighted by atomic mass is 32.2. The lowest BCUT2D eigenvalue weighted by atomic mass is 10.2. The van der Waals surface area contributed by atoms with Crippen LogP contribution in [0.5, 0.6) is 0 Å². The van der Waals surface area contributed by atoms with Crippen LogP contribution in [-0.2, 0) is 14.8 Å². The Labute approximate surface area is 141 Å². The molecule has 1 heterocycles. The highest BCUT2D eigenvalue weighted by Gasteiger charge is 2.09. The summed E-state index contributed by atoms with van der Waals surface area (Å²) < 4.78 is 30.5. The van der Waals surface area contributed by atoms with E-state index < -0.39 is 16.0 Å². The van der Waals surface area contributed by atoms with Gasteiger partial charge in [0.25, 0.3) is 0 Å². The average molecular weight is 349 g/mol. The molecule has 0 aliphatic heterocycles. The Morgan fingerprint density at radius 2 is 1.79 bits per heavy atom. The fourth-order valence-corrected chi connectivity index (χ4v) is 3.10. The van der Waals surface area contributed by atoms with E-state index in [1.807, 2.05) is 0 Å². The van der Waals surface area contributed by atoms with Crippen LogP contribution in [0.4, 0.5) is 17.2 Å². The molecule has 1 aromatic heterocycles. The Kier molecular flexibility index (Phi) is 5.75. The Bertz CT molecular complexity index is 787. The van der Waals surface area contributed by atoms with Crippen LogP contribution in [0, 0.1) is 0 Å². The van der Waals surface area contributed by atoms with E-state index in [0.29, 0.717) is 23.5 Å². The number of methoxy groups -OCH3 is 1. The number of esters is 1. The van der Waals surface area contributed by atoms with Gasteiger partial charge in [-0.15, -0.1) is 0 Å². The first-order valence-electron chi connectivity index (χ1n) is 7.35. The third-order valence-corrected chi connectivity index (χ3v) is 4.58. The van der Waals surface area contributed by atoms with E-state index in [-0.39, 0.29) is 5.75 Å². The van der Waals surface area contributed by atoms with Gasteiger partial charge in [0.1, 0.15) is 5.82 Å². The predicted octanol–water partition coefficient (Wildman–Crippen LogP) is 2.76. The first-order valence-corrected chi connectivity index (χ1v) is 9.00. The molecule has 24 heavy (non-hydrogen) atoms. The molecule has 8 heteroatoms. The number of nitrogens with one attached hydrogen (secondary N) is 2. The van der Waals surface area contributed by atoms with Gasteiger partial charge in [-0.3, -0.25) is 4.72 Å². The molecule has 0 saturated heterocycles. The molecule has 0 amide bonds. The number of hydrogen-bond donors (Lipinski definition) is 2. The molecule has 2 aromatic rings. The minimum Gasteiger partial charge on any atom is -0.465 e. The molecule has 0 fully saturated rings. The number of rotatable bonds is 7. The number of hydrogen-bond acceptors (Lipinski definition) is 6. The number of anilines is 3. The first kappa shape index (κ1) is 17.7. The molecule has 0 atom stereocenters. The highest BCUT2D eigenvalue weighted by Crippen LogP contribution is 2.18.